The van der Waals surface area contributed by atoms with E-state index in [0.29, 0.717) is 0 Å². The molecule has 0 aromatic heterocycles. The van der Waals surface area contributed by atoms with Crippen LogP contribution in [-0.2, 0) is 73.8 Å². The zero-order chi connectivity index (χ0) is 32.6. The smallest absolute Gasteiger partial charge is 0.793 e. The van der Waals surface area contributed by atoms with Crippen LogP contribution < -0.4 is 69.3 Å². The number of carbonyl (C=O) groups is 2. The zero-order valence-corrected chi connectivity index (χ0v) is 39.4. The van der Waals surface area contributed by atoms with Crippen molar-refractivity contribution in [2.24, 2.45) is 0 Å². The number of carboxylic acid groups (broad SMARTS) is 2. The van der Waals surface area contributed by atoms with Crippen LogP contribution in [0.1, 0.15) is 167 Å². The molecule has 0 heterocycles. The third-order valence-electron chi connectivity index (χ3n) is 7.22. The van der Waals surface area contributed by atoms with Gasteiger partial charge in [0.1, 0.15) is 0 Å². The van der Waals surface area contributed by atoms with Crippen molar-refractivity contribution in [3.63, 3.8) is 0 Å². The average molecular weight is 901 g/mol. The molecular formula is C38H64Na2O4Rh2S2-2. The van der Waals surface area contributed by atoms with Gasteiger partial charge < -0.3 is 45.1 Å². The van der Waals surface area contributed by atoms with Gasteiger partial charge in [-0.15, -0.1) is 0 Å². The largest absolute Gasteiger partial charge is 1.00 e. The van der Waals surface area contributed by atoms with Gasteiger partial charge in [-0.2, -0.15) is 11.5 Å². The summed E-state index contributed by atoms with van der Waals surface area (Å²) >= 11 is 9.70. The van der Waals surface area contributed by atoms with Crippen molar-refractivity contribution < 1.29 is 118 Å². The van der Waals surface area contributed by atoms with Crippen LogP contribution in [0.5, 0.6) is 0 Å². The Labute approximate surface area is 377 Å². The summed E-state index contributed by atoms with van der Waals surface area (Å²) in [5.74, 6) is -0.0806. The first-order valence-corrected chi connectivity index (χ1v) is 18.9. The third-order valence-corrected chi connectivity index (χ3v) is 7.79. The molecule has 0 N–H and O–H groups in total. The maximum Gasteiger partial charge on any atom is 1.00 e. The Morgan fingerprint density at radius 2 is 0.542 bits per heavy atom. The molecule has 0 saturated carbocycles. The summed E-state index contributed by atoms with van der Waals surface area (Å²) in [5, 5.41) is 20.2. The summed E-state index contributed by atoms with van der Waals surface area (Å²) in [7, 11) is 0. The van der Waals surface area contributed by atoms with Crippen molar-refractivity contribution in [1.82, 2.24) is 0 Å². The van der Waals surface area contributed by atoms with Crippen LogP contribution in [-0.4, -0.2) is 23.4 Å². The molecule has 48 heavy (non-hydrogen) atoms. The zero-order valence-electron chi connectivity index (χ0n) is 30.5. The van der Waals surface area contributed by atoms with Gasteiger partial charge in [0, 0.05) is 50.9 Å². The van der Waals surface area contributed by atoms with Crippen LogP contribution in [0.25, 0.3) is 0 Å². The molecule has 2 aliphatic rings. The van der Waals surface area contributed by atoms with Gasteiger partial charge in [-0.25, -0.2) is 0 Å². The third kappa shape index (κ3) is 66.1. The van der Waals surface area contributed by atoms with Crippen molar-refractivity contribution in [1.29, 1.82) is 0 Å². The Bertz CT molecular complexity index is 627. The van der Waals surface area contributed by atoms with Crippen LogP contribution in [0.2, 0.25) is 0 Å². The van der Waals surface area contributed by atoms with Gasteiger partial charge in [-0.3, -0.25) is 0 Å². The van der Waals surface area contributed by atoms with E-state index in [-0.39, 0.29) is 111 Å². The molecule has 274 valence electrons. The Balaban J connectivity index is -0.000000122. The van der Waals surface area contributed by atoms with E-state index >= 15 is 0 Å². The molecule has 0 saturated heterocycles. The molecule has 0 fully saturated rings. The molecule has 0 aliphatic heterocycles. The summed E-state index contributed by atoms with van der Waals surface area (Å²) in [6, 6.07) is 0. The molecule has 4 nitrogen and oxygen atoms in total. The number of carboxylic acids is 2. The van der Waals surface area contributed by atoms with Crippen LogP contribution >= 0.6 is 0 Å². The summed E-state index contributed by atoms with van der Waals surface area (Å²) in [6.07, 6.45) is 46.7. The second kappa shape index (κ2) is 58.2. The fourth-order valence-electron chi connectivity index (χ4n) is 4.58. The van der Waals surface area contributed by atoms with Gasteiger partial charge in [0.2, 0.25) is 0 Å². The first kappa shape index (κ1) is 61.9. The number of hydrogen-bond donors (Lipinski definition) is 0. The first-order chi connectivity index (χ1) is 21.5. The standard InChI is InChI=1S/2C11H22O2S.2C8H12.2Na.2Rh/c2*12-11(13)9-7-5-3-1-2-4-6-8-10-14;2*1-2-4-6-8-7-5-3-1;;;;/h2*14H,1-10H2,(H,12,13);2*1-2,7-8H,3-6H2;;;;/q;;;;2*+1;;/p-4/b;;2*2-1-,8-7-;;;;. The molecule has 0 bridgehead atoms. The fourth-order valence-corrected chi connectivity index (χ4v) is 4.98. The molecule has 0 aromatic carbocycles. The summed E-state index contributed by atoms with van der Waals surface area (Å²) in [6.45, 7) is 0. The summed E-state index contributed by atoms with van der Waals surface area (Å²) < 4.78 is 0. The van der Waals surface area contributed by atoms with Crippen molar-refractivity contribution in [2.45, 2.75) is 167 Å². The van der Waals surface area contributed by atoms with Crippen molar-refractivity contribution in [3.8, 4) is 0 Å². The van der Waals surface area contributed by atoms with Gasteiger partial charge in [0.05, 0.1) is 0 Å². The number of hydrogen-bond acceptors (Lipinski definition) is 6. The Kier molecular flexibility index (Phi) is 75.0. The Morgan fingerprint density at radius 3 is 0.708 bits per heavy atom. The first-order valence-electron chi connectivity index (χ1n) is 17.7. The van der Waals surface area contributed by atoms with Gasteiger partial charge >= 0.3 is 59.1 Å². The molecular weight excluding hydrogens is 836 g/mol. The van der Waals surface area contributed by atoms with E-state index in [2.05, 4.69) is 48.6 Å². The molecule has 0 aromatic rings. The predicted molar refractivity (Wildman–Crippen MR) is 191 cm³/mol. The predicted octanol–water partition coefficient (Wildman–Crippen LogP) is 2.94. The van der Waals surface area contributed by atoms with Gasteiger partial charge in [0.25, 0.3) is 0 Å². The second-order valence-corrected chi connectivity index (χ2v) is 12.3. The normalized spacial score (nSPS) is 15.4. The maximum absolute atomic E-state index is 10.1. The average Bonchev–Trinajstić information content (AvgIpc) is 2.95. The van der Waals surface area contributed by atoms with E-state index in [0.717, 1.165) is 50.0 Å². The fraction of sp³-hybridized carbons (Fsp3) is 0.737. The van der Waals surface area contributed by atoms with Gasteiger partial charge in [0.15, 0.2) is 0 Å². The molecule has 0 amide bonds. The van der Waals surface area contributed by atoms with Crippen LogP contribution in [0.4, 0.5) is 0 Å². The SMILES string of the molecule is C1=C\CC/C=C\CC/1.C1=C\CC/C=C\CC/1.O=C([O-])CCCCCCCCCC[S-].O=C([O-])CCCCCCCCCC[S-].[Na+].[Na+].[Rh].[Rh]. The second-order valence-electron chi connectivity index (χ2n) is 11.5. The Morgan fingerprint density at radius 1 is 0.375 bits per heavy atom. The van der Waals surface area contributed by atoms with Gasteiger partial charge in [-0.05, 0) is 77.0 Å². The number of carbonyl (C=O) groups excluding carboxylic acids is 2. The van der Waals surface area contributed by atoms with Crippen molar-refractivity contribution in [3.05, 3.63) is 48.6 Å². The number of unbranched alkanes of at least 4 members (excludes halogenated alkanes) is 14. The van der Waals surface area contributed by atoms with Gasteiger partial charge in [-0.1, -0.05) is 138 Å². The number of rotatable bonds is 20. The molecule has 2 aliphatic carbocycles. The quantitative estimate of drug-likeness (QED) is 0.0811. The molecule has 0 atom stereocenters. The minimum atomic E-state index is -0.921. The van der Waals surface area contributed by atoms with E-state index in [4.69, 9.17) is 25.3 Å². The van der Waals surface area contributed by atoms with E-state index in [1.54, 1.807) is 0 Å². The molecule has 10 heteroatoms. The van der Waals surface area contributed by atoms with Crippen LogP contribution in [0.15, 0.2) is 48.6 Å². The van der Waals surface area contributed by atoms with E-state index in [1.807, 2.05) is 0 Å². The summed E-state index contributed by atoms with van der Waals surface area (Å²) in [5.41, 5.74) is 0. The van der Waals surface area contributed by atoms with E-state index in [9.17, 15) is 19.8 Å². The maximum atomic E-state index is 10.1. The van der Waals surface area contributed by atoms with Crippen LogP contribution in [0.3, 0.4) is 0 Å². The topological polar surface area (TPSA) is 80.3 Å². The van der Waals surface area contributed by atoms with E-state index < -0.39 is 11.9 Å². The summed E-state index contributed by atoms with van der Waals surface area (Å²) in [4.78, 5) is 20.2. The van der Waals surface area contributed by atoms with E-state index in [1.165, 1.54) is 116 Å². The van der Waals surface area contributed by atoms with Crippen molar-refractivity contribution >= 4 is 37.2 Å². The molecule has 0 spiro atoms. The van der Waals surface area contributed by atoms with Crippen LogP contribution in [0, 0.1) is 0 Å². The number of aliphatic carboxylic acids is 2. The van der Waals surface area contributed by atoms with Crippen molar-refractivity contribution in [2.75, 3.05) is 11.5 Å². The molecule has 2 rings (SSSR count). The monoisotopic (exact) mass is 900 g/mol. The number of allylic oxidation sites excluding steroid dienone is 8. The minimum absolute atomic E-state index is 0. The molecule has 2 radical (unpaired) electrons. The molecule has 0 unspecified atom stereocenters. The Hall–Kier alpha value is 1.85. The minimum Gasteiger partial charge on any atom is -0.793 e.